The number of hydrogen-bond acceptors (Lipinski definition) is 9. The van der Waals surface area contributed by atoms with Gasteiger partial charge >= 0.3 is 6.09 Å². The van der Waals surface area contributed by atoms with E-state index in [1.54, 1.807) is 47.1 Å². The number of methoxy groups -OCH3 is 2. The molecule has 6 rings (SSSR count). The van der Waals surface area contributed by atoms with E-state index < -0.39 is 60.4 Å². The molecule has 1 heterocycles. The van der Waals surface area contributed by atoms with Crippen molar-refractivity contribution in [1.82, 2.24) is 25.3 Å². The molecular formula is C55H77N5O9. The van der Waals surface area contributed by atoms with Crippen molar-refractivity contribution in [2.45, 2.75) is 142 Å². The lowest BCUT2D eigenvalue weighted by molar-refractivity contribution is -0.149. The number of likely N-dealkylation sites (N-methyl/N-ethyl adjacent to an activating group) is 2. The standard InChI is InChI=1S/C55H77N5O9/c1-13-33(6)49(45(67-11)29-46(61)60-43-27-37(43)28-44(60)51(68-12)34(7)52(63)56-35(8)50(62)36-21-15-14-16-22-36)58(9)54(65)47(31(2)3)57-53(64)48(32(4)5)59(10)55(66)69-30-42-40-25-19-17-23-38(40)39-24-18-20-26-41(39)42/h14-26,31-35,37,42-45,47-51,62H,13,27-30H2,1-12H3,(H,56,63)(H,57,64)/t33-,34+,35+,37-,43-,44-,45+,47-,48-,49-,50+,51+/m0/s1. The highest BCUT2D eigenvalue weighted by molar-refractivity contribution is 5.92. The summed E-state index contributed by atoms with van der Waals surface area (Å²) < 4.78 is 18.1. The first-order valence-electron chi connectivity index (χ1n) is 24.9. The van der Waals surface area contributed by atoms with Gasteiger partial charge in [0.25, 0.3) is 0 Å². The molecule has 0 aromatic heterocycles. The number of amides is 5. The lowest BCUT2D eigenvalue weighted by atomic mass is 9.89. The molecule has 1 aliphatic heterocycles. The molecule has 2 aliphatic carbocycles. The van der Waals surface area contributed by atoms with Gasteiger partial charge < -0.3 is 39.8 Å². The number of fused-ring (bicyclic) bond motifs is 4. The van der Waals surface area contributed by atoms with Crippen LogP contribution in [0.4, 0.5) is 4.79 Å². The minimum atomic E-state index is -0.957. The van der Waals surface area contributed by atoms with Crippen molar-refractivity contribution in [2.75, 3.05) is 34.9 Å². The Morgan fingerprint density at radius 3 is 1.90 bits per heavy atom. The Morgan fingerprint density at radius 1 is 0.754 bits per heavy atom. The normalized spacial score (nSPS) is 21.1. The third-order valence-electron chi connectivity index (χ3n) is 15.2. The van der Waals surface area contributed by atoms with Crippen LogP contribution in [0.15, 0.2) is 78.9 Å². The second kappa shape index (κ2) is 23.1. The molecule has 14 heteroatoms. The summed E-state index contributed by atoms with van der Waals surface area (Å²) in [5.74, 6) is -2.46. The van der Waals surface area contributed by atoms with Crippen LogP contribution in [0, 0.1) is 29.6 Å². The van der Waals surface area contributed by atoms with Crippen LogP contribution in [0.25, 0.3) is 11.1 Å². The maximum Gasteiger partial charge on any atom is 0.410 e. The fourth-order valence-corrected chi connectivity index (χ4v) is 11.1. The smallest absolute Gasteiger partial charge is 0.410 e. The summed E-state index contributed by atoms with van der Waals surface area (Å²) in [6.07, 6.45) is -0.610. The zero-order valence-electron chi connectivity index (χ0n) is 42.8. The Kier molecular flexibility index (Phi) is 17.7. The molecular weight excluding hydrogens is 875 g/mol. The molecule has 0 spiro atoms. The minimum Gasteiger partial charge on any atom is -0.448 e. The lowest BCUT2D eigenvalue weighted by Crippen LogP contribution is -2.60. The monoisotopic (exact) mass is 952 g/mol. The van der Waals surface area contributed by atoms with Gasteiger partial charge in [-0.25, -0.2) is 4.79 Å². The predicted molar refractivity (Wildman–Crippen MR) is 266 cm³/mol. The van der Waals surface area contributed by atoms with E-state index in [-0.39, 0.29) is 66.5 Å². The molecule has 3 N–H and O–H groups in total. The van der Waals surface area contributed by atoms with Crippen molar-refractivity contribution in [2.24, 2.45) is 29.6 Å². The van der Waals surface area contributed by atoms with E-state index >= 15 is 0 Å². The van der Waals surface area contributed by atoms with Crippen molar-refractivity contribution in [3.63, 3.8) is 0 Å². The summed E-state index contributed by atoms with van der Waals surface area (Å²) >= 11 is 0. The second-order valence-electron chi connectivity index (χ2n) is 20.4. The van der Waals surface area contributed by atoms with Crippen LogP contribution in [0.2, 0.25) is 0 Å². The molecule has 1 saturated carbocycles. The van der Waals surface area contributed by atoms with Gasteiger partial charge in [-0.2, -0.15) is 0 Å². The number of hydrogen-bond donors (Lipinski definition) is 3. The van der Waals surface area contributed by atoms with Gasteiger partial charge in [-0.3, -0.25) is 24.1 Å². The second-order valence-corrected chi connectivity index (χ2v) is 20.4. The summed E-state index contributed by atoms with van der Waals surface area (Å²) in [5, 5.41) is 16.9. The lowest BCUT2D eigenvalue weighted by Gasteiger charge is -2.41. The van der Waals surface area contributed by atoms with E-state index in [1.165, 1.54) is 4.90 Å². The summed E-state index contributed by atoms with van der Waals surface area (Å²) in [5.41, 5.74) is 5.10. The summed E-state index contributed by atoms with van der Waals surface area (Å²) in [6.45, 7) is 15.2. The van der Waals surface area contributed by atoms with Gasteiger partial charge in [0, 0.05) is 40.3 Å². The van der Waals surface area contributed by atoms with Crippen LogP contribution < -0.4 is 10.6 Å². The maximum atomic E-state index is 14.8. The molecule has 0 unspecified atom stereocenters. The largest absolute Gasteiger partial charge is 0.448 e. The fourth-order valence-electron chi connectivity index (χ4n) is 11.1. The van der Waals surface area contributed by atoms with E-state index in [2.05, 4.69) is 34.9 Å². The molecule has 3 aliphatic rings. The van der Waals surface area contributed by atoms with Crippen LogP contribution in [0.5, 0.6) is 0 Å². The Hall–Kier alpha value is -5.31. The quantitative estimate of drug-likeness (QED) is 0.0945. The molecule has 5 amide bonds. The highest BCUT2D eigenvalue weighted by Gasteiger charge is 2.57. The summed E-state index contributed by atoms with van der Waals surface area (Å²) in [7, 11) is 6.37. The van der Waals surface area contributed by atoms with Gasteiger partial charge in [-0.05, 0) is 71.3 Å². The number of rotatable bonds is 22. The SMILES string of the molecule is CC[C@H](C)[C@@H]([C@@H](CC(=O)N1[C@H]2C[C@H]2C[C@H]1[C@H](OC)[C@@H](C)C(=O)N[C@H](C)[C@@H](O)c1ccccc1)OC)N(C)C(=O)[C@@H](NC(=O)[C@H](C(C)C)N(C)C(=O)OCC1c2ccccc2-c2ccccc21)C(C)C. The molecule has 3 aromatic rings. The molecule has 3 aromatic carbocycles. The zero-order chi connectivity index (χ0) is 50.4. The third kappa shape index (κ3) is 11.5. The van der Waals surface area contributed by atoms with E-state index in [9.17, 15) is 29.1 Å². The molecule has 1 saturated heterocycles. The molecule has 14 nitrogen and oxygen atoms in total. The topological polar surface area (TPSA) is 167 Å². The minimum absolute atomic E-state index is 0.0147. The van der Waals surface area contributed by atoms with E-state index in [4.69, 9.17) is 14.2 Å². The van der Waals surface area contributed by atoms with Crippen LogP contribution in [-0.2, 0) is 33.4 Å². The first-order valence-corrected chi connectivity index (χ1v) is 24.9. The number of benzene rings is 3. The van der Waals surface area contributed by atoms with Crippen molar-refractivity contribution in [3.05, 3.63) is 95.6 Å². The van der Waals surface area contributed by atoms with Crippen LogP contribution in [-0.4, -0.2) is 133 Å². The zero-order valence-corrected chi connectivity index (χ0v) is 42.8. The van der Waals surface area contributed by atoms with E-state index in [1.807, 2.05) is 101 Å². The third-order valence-corrected chi connectivity index (χ3v) is 15.2. The summed E-state index contributed by atoms with van der Waals surface area (Å²) in [6, 6.07) is 22.0. The number of aliphatic hydroxyl groups excluding tert-OH is 1. The molecule has 0 bridgehead atoms. The molecule has 12 atom stereocenters. The van der Waals surface area contributed by atoms with Gasteiger partial charge in [-0.1, -0.05) is 134 Å². The number of carbonyl (C=O) groups excluding carboxylic acids is 5. The number of carbonyl (C=O) groups is 5. The highest BCUT2D eigenvalue weighted by atomic mass is 16.6. The number of piperidine rings is 1. The Morgan fingerprint density at radius 2 is 1.35 bits per heavy atom. The van der Waals surface area contributed by atoms with Gasteiger partial charge in [0.05, 0.1) is 48.8 Å². The van der Waals surface area contributed by atoms with Crippen molar-refractivity contribution in [3.8, 4) is 11.1 Å². The number of ether oxygens (including phenoxy) is 3. The Balaban J connectivity index is 1.12. The van der Waals surface area contributed by atoms with Gasteiger partial charge in [0.15, 0.2) is 0 Å². The van der Waals surface area contributed by atoms with Gasteiger partial charge in [0.1, 0.15) is 18.7 Å². The average molecular weight is 952 g/mol. The predicted octanol–water partition coefficient (Wildman–Crippen LogP) is 7.19. The molecule has 69 heavy (non-hydrogen) atoms. The van der Waals surface area contributed by atoms with Crippen molar-refractivity contribution in [1.29, 1.82) is 0 Å². The van der Waals surface area contributed by atoms with Crippen molar-refractivity contribution >= 4 is 29.7 Å². The highest BCUT2D eigenvalue weighted by Crippen LogP contribution is 2.50. The molecule has 2 fully saturated rings. The fraction of sp³-hybridized carbons (Fsp3) is 0.582. The van der Waals surface area contributed by atoms with Gasteiger partial charge in [0.2, 0.25) is 23.6 Å². The number of likely N-dealkylation sites (tertiary alicyclic amines) is 1. The van der Waals surface area contributed by atoms with Gasteiger partial charge in [-0.15, -0.1) is 0 Å². The van der Waals surface area contributed by atoms with E-state index in [0.29, 0.717) is 24.3 Å². The first-order chi connectivity index (χ1) is 32.9. The number of nitrogens with zero attached hydrogens (tertiary/aromatic N) is 3. The number of aliphatic hydroxyl groups is 1. The van der Waals surface area contributed by atoms with Crippen LogP contribution in [0.1, 0.15) is 110 Å². The van der Waals surface area contributed by atoms with Crippen LogP contribution >= 0.6 is 0 Å². The maximum absolute atomic E-state index is 14.8. The summed E-state index contributed by atoms with van der Waals surface area (Å²) in [4.78, 5) is 76.0. The van der Waals surface area contributed by atoms with E-state index in [0.717, 1.165) is 28.7 Å². The Bertz CT molecular complexity index is 2210. The Labute approximate surface area is 409 Å². The van der Waals surface area contributed by atoms with Crippen molar-refractivity contribution < 1.29 is 43.3 Å². The van der Waals surface area contributed by atoms with Crippen LogP contribution in [0.3, 0.4) is 0 Å². The molecule has 376 valence electrons. The molecule has 0 radical (unpaired) electrons. The number of nitrogens with one attached hydrogen (secondary N) is 2. The first kappa shape index (κ1) is 53.0. The average Bonchev–Trinajstić information content (AvgIpc) is 3.88.